The summed E-state index contributed by atoms with van der Waals surface area (Å²) in [5, 5.41) is 0. The number of aldehydes is 1. The molecule has 0 saturated heterocycles. The van der Waals surface area contributed by atoms with Gasteiger partial charge >= 0.3 is 23.1 Å². The largest absolute Gasteiger partial charge is 0.497 e. The van der Waals surface area contributed by atoms with Crippen LogP contribution in [0.4, 0.5) is 0 Å². The van der Waals surface area contributed by atoms with E-state index in [0.717, 1.165) is 12.0 Å². The Morgan fingerprint density at radius 3 is 2.18 bits per heavy atom. The highest BCUT2D eigenvalue weighted by Gasteiger charge is 1.89. The zero-order valence-electron chi connectivity index (χ0n) is 5.70. The number of benzene rings is 1. The van der Waals surface area contributed by atoms with Gasteiger partial charge in [-0.15, -0.1) is 0 Å². The molecule has 3 heteroatoms. The average molecular weight is 162 g/mol. The normalized spacial score (nSPS) is 8.09. The number of carbonyl (C=O) groups excluding carboxylic acids is 1. The lowest BCUT2D eigenvalue weighted by molar-refractivity contribution is 0.112. The monoisotopic (exact) mass is 162 g/mol. The summed E-state index contributed by atoms with van der Waals surface area (Å²) in [5.41, 5.74) is 0.667. The van der Waals surface area contributed by atoms with Gasteiger partial charge in [-0.2, -0.15) is 0 Å². The van der Waals surface area contributed by atoms with E-state index < -0.39 is 0 Å². The predicted octanol–water partition coefficient (Wildman–Crippen LogP) is 0.591. The fourth-order valence-electron chi connectivity index (χ4n) is 0.682. The van der Waals surface area contributed by atoms with Crippen molar-refractivity contribution in [2.45, 2.75) is 0 Å². The Kier molecular flexibility index (Phi) is 4.90. The minimum atomic E-state index is 0. The van der Waals surface area contributed by atoms with Gasteiger partial charge in [0.15, 0.2) is 0 Å². The van der Waals surface area contributed by atoms with Gasteiger partial charge in [0.05, 0.1) is 7.11 Å². The van der Waals surface area contributed by atoms with Crippen LogP contribution in [0.5, 0.6) is 5.75 Å². The maximum absolute atomic E-state index is 10.2. The summed E-state index contributed by atoms with van der Waals surface area (Å²) >= 11 is 0. The number of methoxy groups -OCH3 is 1. The van der Waals surface area contributed by atoms with Gasteiger partial charge in [0.1, 0.15) is 12.0 Å². The van der Waals surface area contributed by atoms with E-state index >= 15 is 0 Å². The highest BCUT2D eigenvalue weighted by Crippen LogP contribution is 2.09. The van der Waals surface area contributed by atoms with Crippen LogP contribution in [0.3, 0.4) is 0 Å². The maximum Gasteiger partial charge on any atom is 0.316 e. The van der Waals surface area contributed by atoms with Crippen LogP contribution in [0, 0.1) is 0 Å². The van der Waals surface area contributed by atoms with Crippen LogP contribution >= 0.6 is 0 Å². The number of hydrogen-bond acceptors (Lipinski definition) is 2. The van der Waals surface area contributed by atoms with E-state index in [1.54, 1.807) is 31.4 Å². The van der Waals surface area contributed by atoms with E-state index in [1.165, 1.54) is 0 Å². The highest BCUT2D eigenvalue weighted by molar-refractivity contribution is 5.75. The first-order chi connectivity index (χ1) is 4.86. The third-order valence-corrected chi connectivity index (χ3v) is 1.25. The molecule has 56 valence electrons. The van der Waals surface area contributed by atoms with E-state index in [4.69, 9.17) is 4.74 Å². The summed E-state index contributed by atoms with van der Waals surface area (Å²) in [6.07, 6.45) is 0.805. The van der Waals surface area contributed by atoms with E-state index in [1.807, 2.05) is 0 Å². The molecule has 0 unspecified atom stereocenters. The molecule has 0 atom stereocenters. The fourth-order valence-corrected chi connectivity index (χ4v) is 0.682. The Morgan fingerprint density at radius 2 is 1.82 bits per heavy atom. The average Bonchev–Trinajstić information content (AvgIpc) is 2.05. The van der Waals surface area contributed by atoms with Crippen molar-refractivity contribution in [3.63, 3.8) is 0 Å². The Morgan fingerprint density at radius 1 is 1.27 bits per heavy atom. The van der Waals surface area contributed by atoms with Crippen molar-refractivity contribution < 1.29 is 9.53 Å². The number of hydrogen-bond donors (Lipinski definition) is 0. The lowest BCUT2D eigenvalue weighted by Crippen LogP contribution is -1.82. The minimum absolute atomic E-state index is 0. The van der Waals surface area contributed by atoms with Crippen LogP contribution in [0.15, 0.2) is 24.3 Å². The summed E-state index contributed by atoms with van der Waals surface area (Å²) in [5.74, 6) is 0.769. The standard InChI is InChI=1S/C8H8O2.Mg.2H/c1-10-8-4-2-7(6-9)3-5-8;;;/h2-6H,1H3;;;. The summed E-state index contributed by atoms with van der Waals surface area (Å²) in [7, 11) is 1.59. The van der Waals surface area contributed by atoms with Crippen molar-refractivity contribution in [3.8, 4) is 5.75 Å². The first-order valence-corrected chi connectivity index (χ1v) is 2.96. The fraction of sp³-hybridized carbons (Fsp3) is 0.125. The summed E-state index contributed by atoms with van der Waals surface area (Å²) in [4.78, 5) is 10.2. The van der Waals surface area contributed by atoms with Gasteiger partial charge in [0.2, 0.25) is 0 Å². The van der Waals surface area contributed by atoms with Gasteiger partial charge in [0.25, 0.3) is 0 Å². The van der Waals surface area contributed by atoms with Crippen molar-refractivity contribution >= 4 is 29.3 Å². The van der Waals surface area contributed by atoms with Crippen LogP contribution < -0.4 is 4.74 Å². The minimum Gasteiger partial charge on any atom is -0.497 e. The molecule has 11 heavy (non-hydrogen) atoms. The van der Waals surface area contributed by atoms with Gasteiger partial charge in [-0.1, -0.05) is 0 Å². The van der Waals surface area contributed by atoms with Gasteiger partial charge in [-0.3, -0.25) is 4.79 Å². The third-order valence-electron chi connectivity index (χ3n) is 1.25. The van der Waals surface area contributed by atoms with Gasteiger partial charge < -0.3 is 4.74 Å². The molecule has 0 aliphatic carbocycles. The quantitative estimate of drug-likeness (QED) is 0.470. The molecule has 0 fully saturated rings. The van der Waals surface area contributed by atoms with Crippen LogP contribution in [0.2, 0.25) is 0 Å². The van der Waals surface area contributed by atoms with E-state index in [-0.39, 0.29) is 23.1 Å². The zero-order valence-corrected chi connectivity index (χ0v) is 5.70. The van der Waals surface area contributed by atoms with E-state index in [9.17, 15) is 4.79 Å². The summed E-state index contributed by atoms with van der Waals surface area (Å²) in [6.45, 7) is 0. The predicted molar refractivity (Wildman–Crippen MR) is 46.9 cm³/mol. The topological polar surface area (TPSA) is 26.3 Å². The Hall–Kier alpha value is -0.544. The molecule has 1 aromatic carbocycles. The summed E-state index contributed by atoms with van der Waals surface area (Å²) < 4.78 is 4.90. The summed E-state index contributed by atoms with van der Waals surface area (Å²) in [6, 6.07) is 6.94. The van der Waals surface area contributed by atoms with E-state index in [0.29, 0.717) is 5.56 Å². The van der Waals surface area contributed by atoms with Crippen LogP contribution in [-0.4, -0.2) is 36.4 Å². The highest BCUT2D eigenvalue weighted by atomic mass is 24.3. The van der Waals surface area contributed by atoms with Crippen molar-refractivity contribution in [3.05, 3.63) is 29.8 Å². The van der Waals surface area contributed by atoms with Crippen molar-refractivity contribution in [2.75, 3.05) is 7.11 Å². The number of carbonyl (C=O) groups is 1. The number of ether oxygens (including phenoxy) is 1. The van der Waals surface area contributed by atoms with Gasteiger partial charge in [0, 0.05) is 5.56 Å². The number of rotatable bonds is 2. The Bertz CT molecular complexity index is 218. The molecule has 2 nitrogen and oxygen atoms in total. The Labute approximate surface area is 81.7 Å². The molecule has 0 amide bonds. The molecule has 1 rings (SSSR count). The molecule has 0 N–H and O–H groups in total. The molecule has 0 aliphatic rings. The Balaban J connectivity index is 0.000001000. The second kappa shape index (κ2) is 5.15. The molecule has 0 spiro atoms. The lowest BCUT2D eigenvalue weighted by atomic mass is 10.2. The molecule has 0 aliphatic heterocycles. The molecule has 0 heterocycles. The SMILES string of the molecule is COc1ccc(C=O)cc1.[MgH2]. The maximum atomic E-state index is 10.2. The molecular weight excluding hydrogens is 152 g/mol. The third kappa shape index (κ3) is 2.90. The lowest BCUT2D eigenvalue weighted by Gasteiger charge is -1.96. The molecule has 0 aromatic heterocycles. The van der Waals surface area contributed by atoms with Gasteiger partial charge in [-0.05, 0) is 24.3 Å². The van der Waals surface area contributed by atoms with E-state index in [2.05, 4.69) is 0 Å². The van der Waals surface area contributed by atoms with Crippen LogP contribution in [0.1, 0.15) is 10.4 Å². The molecular formula is C8H10MgO2. The smallest absolute Gasteiger partial charge is 0.316 e. The second-order valence-electron chi connectivity index (χ2n) is 1.89. The van der Waals surface area contributed by atoms with Crippen LogP contribution in [0.25, 0.3) is 0 Å². The zero-order chi connectivity index (χ0) is 7.40. The first-order valence-electron chi connectivity index (χ1n) is 2.96. The van der Waals surface area contributed by atoms with Crippen LogP contribution in [-0.2, 0) is 0 Å². The molecule has 1 aromatic rings. The van der Waals surface area contributed by atoms with Crippen molar-refractivity contribution in [1.29, 1.82) is 0 Å². The molecule has 0 bridgehead atoms. The molecule has 0 radical (unpaired) electrons. The van der Waals surface area contributed by atoms with Gasteiger partial charge in [-0.25, -0.2) is 0 Å². The van der Waals surface area contributed by atoms with Crippen molar-refractivity contribution in [1.82, 2.24) is 0 Å². The van der Waals surface area contributed by atoms with Crippen molar-refractivity contribution in [2.24, 2.45) is 0 Å². The first kappa shape index (κ1) is 10.5. The second-order valence-corrected chi connectivity index (χ2v) is 1.89. The molecule has 0 saturated carbocycles.